The molecule has 0 aliphatic carbocycles. The Morgan fingerprint density at radius 1 is 0.788 bits per heavy atom. The number of nitrogens with zero attached hydrogens (tertiary/aromatic N) is 1. The number of pyridine rings is 1. The summed E-state index contributed by atoms with van der Waals surface area (Å²) in [7, 11) is 1.28. The molecule has 5 rings (SSSR count). The molecule has 3 aromatic carbocycles. The van der Waals surface area contributed by atoms with Crippen molar-refractivity contribution in [2.75, 3.05) is 0 Å². The molecule has 0 amide bonds. The molecule has 0 N–H and O–H groups in total. The Morgan fingerprint density at radius 3 is 2.24 bits per heavy atom. The average Bonchev–Trinajstić information content (AvgIpc) is 2.81. The molecule has 0 bridgehead atoms. The Morgan fingerprint density at radius 2 is 1.52 bits per heavy atom. The smallest absolute Gasteiger partial charge is 0.198 e. The highest BCUT2D eigenvalue weighted by molar-refractivity contribution is 6.77. The zero-order valence-electron chi connectivity index (χ0n) is 20.8. The lowest BCUT2D eigenvalue weighted by molar-refractivity contribution is -0.665. The highest BCUT2D eigenvalue weighted by atomic mass is 28.3. The van der Waals surface area contributed by atoms with E-state index in [2.05, 4.69) is 111 Å². The van der Waals surface area contributed by atoms with Gasteiger partial charge in [-0.3, -0.25) is 0 Å². The van der Waals surface area contributed by atoms with Crippen LogP contribution in [0.3, 0.4) is 0 Å². The molecule has 0 spiro atoms. The van der Waals surface area contributed by atoms with Crippen LogP contribution in [-0.2, 0) is 7.05 Å². The van der Waals surface area contributed by atoms with E-state index in [9.17, 15) is 0 Å². The molecule has 168 valence electrons. The Labute approximate surface area is 200 Å². The number of rotatable bonds is 3. The minimum absolute atomic E-state index is 0.732. The van der Waals surface area contributed by atoms with E-state index in [0.29, 0.717) is 0 Å². The fourth-order valence-corrected chi connectivity index (χ4v) is 8.10. The fraction of sp³-hybridized carbons (Fsp3) is 0.323. The van der Waals surface area contributed by atoms with Gasteiger partial charge in [0.05, 0.1) is 10.9 Å². The van der Waals surface area contributed by atoms with Crippen molar-refractivity contribution in [1.29, 1.82) is 0 Å². The fourth-order valence-electron chi connectivity index (χ4n) is 5.59. The molecule has 0 saturated carbocycles. The van der Waals surface area contributed by atoms with Gasteiger partial charge in [-0.25, -0.2) is 0 Å². The van der Waals surface area contributed by atoms with E-state index >= 15 is 0 Å². The van der Waals surface area contributed by atoms with Crippen LogP contribution >= 0.6 is 0 Å². The van der Waals surface area contributed by atoms with Crippen LogP contribution in [0.5, 0.6) is 0 Å². The number of aryl methyl sites for hydroxylation is 2. The van der Waals surface area contributed by atoms with Gasteiger partial charge in [-0.15, -0.1) is 0 Å². The maximum Gasteiger partial charge on any atom is 0.220 e. The first-order chi connectivity index (χ1) is 15.8. The minimum Gasteiger partial charge on any atom is -0.198 e. The van der Waals surface area contributed by atoms with E-state index in [0.717, 1.165) is 5.92 Å². The topological polar surface area (TPSA) is 3.88 Å². The normalized spacial score (nSPS) is 16.3. The molecule has 1 fully saturated rings. The minimum atomic E-state index is -0.931. The summed E-state index contributed by atoms with van der Waals surface area (Å²) in [5.74, 6) is 0.732. The standard InChI is InChI=1S/C31H36NSi/c1-22-11-12-27(24-9-7-6-8-10-24)21-30(22)31-29-14-13-26(20-28(29)19-23(2)32(31)3)25-15-17-33(4,5)18-16-25/h6-14,19-21,25H,15-18H2,1-5H3/q+1. The van der Waals surface area contributed by atoms with Crippen molar-refractivity contribution in [2.45, 2.75) is 57.8 Å². The summed E-state index contributed by atoms with van der Waals surface area (Å²) < 4.78 is 2.37. The van der Waals surface area contributed by atoms with Crippen LogP contribution in [0.4, 0.5) is 0 Å². The molecule has 0 unspecified atom stereocenters. The maximum absolute atomic E-state index is 2.56. The molecule has 1 aliphatic heterocycles. The van der Waals surface area contributed by atoms with Crippen LogP contribution in [0.25, 0.3) is 33.2 Å². The number of hydrogen-bond donors (Lipinski definition) is 0. The molecule has 33 heavy (non-hydrogen) atoms. The molecule has 0 atom stereocenters. The van der Waals surface area contributed by atoms with E-state index in [-0.39, 0.29) is 0 Å². The first kappa shape index (κ1) is 22.1. The van der Waals surface area contributed by atoms with Crippen LogP contribution < -0.4 is 4.57 Å². The molecule has 1 nitrogen and oxygen atoms in total. The lowest BCUT2D eigenvalue weighted by Gasteiger charge is -2.33. The molecule has 2 heterocycles. The highest BCUT2D eigenvalue weighted by Gasteiger charge is 2.29. The van der Waals surface area contributed by atoms with Gasteiger partial charge >= 0.3 is 0 Å². The Bertz CT molecular complexity index is 1310. The van der Waals surface area contributed by atoms with Crippen LogP contribution in [0.15, 0.2) is 72.8 Å². The lowest BCUT2D eigenvalue weighted by Crippen LogP contribution is -2.35. The van der Waals surface area contributed by atoms with Crippen molar-refractivity contribution in [3.63, 3.8) is 0 Å². The summed E-state index contributed by atoms with van der Waals surface area (Å²) in [6.45, 7) is 9.59. The molecule has 1 saturated heterocycles. The van der Waals surface area contributed by atoms with Gasteiger partial charge in [0.15, 0.2) is 5.69 Å². The Kier molecular flexibility index (Phi) is 5.74. The van der Waals surface area contributed by atoms with Gasteiger partial charge in [0, 0.05) is 21.1 Å². The van der Waals surface area contributed by atoms with Crippen molar-refractivity contribution < 1.29 is 4.57 Å². The van der Waals surface area contributed by atoms with Gasteiger partial charge in [0.25, 0.3) is 0 Å². The van der Waals surface area contributed by atoms with Crippen LogP contribution in [0.2, 0.25) is 25.2 Å². The number of benzene rings is 3. The number of hydrogen-bond acceptors (Lipinski definition) is 0. The summed E-state index contributed by atoms with van der Waals surface area (Å²) in [6.07, 6.45) is 2.74. The van der Waals surface area contributed by atoms with E-state index in [4.69, 9.17) is 0 Å². The lowest BCUT2D eigenvalue weighted by atomic mass is 9.90. The van der Waals surface area contributed by atoms with E-state index in [1.54, 1.807) is 5.56 Å². The summed E-state index contributed by atoms with van der Waals surface area (Å²) in [4.78, 5) is 0. The van der Waals surface area contributed by atoms with Gasteiger partial charge in [-0.1, -0.05) is 79.8 Å². The van der Waals surface area contributed by atoms with Crippen LogP contribution in [0, 0.1) is 13.8 Å². The van der Waals surface area contributed by atoms with Crippen LogP contribution in [-0.4, -0.2) is 8.07 Å². The third kappa shape index (κ3) is 4.29. The quantitative estimate of drug-likeness (QED) is 0.219. The van der Waals surface area contributed by atoms with Gasteiger partial charge in [0.1, 0.15) is 7.05 Å². The Hall–Kier alpha value is -2.71. The van der Waals surface area contributed by atoms with Gasteiger partial charge < -0.3 is 0 Å². The maximum atomic E-state index is 2.56. The summed E-state index contributed by atoms with van der Waals surface area (Å²) in [6, 6.07) is 30.2. The number of aromatic nitrogens is 1. The van der Waals surface area contributed by atoms with Crippen molar-refractivity contribution in [3.8, 4) is 22.4 Å². The molecule has 2 heteroatoms. The summed E-state index contributed by atoms with van der Waals surface area (Å²) in [5, 5.41) is 2.73. The Balaban J connectivity index is 1.63. The van der Waals surface area contributed by atoms with Crippen molar-refractivity contribution in [2.24, 2.45) is 7.05 Å². The predicted molar refractivity (Wildman–Crippen MR) is 145 cm³/mol. The second-order valence-electron chi connectivity index (χ2n) is 10.9. The second kappa shape index (κ2) is 8.57. The van der Waals surface area contributed by atoms with Crippen molar-refractivity contribution in [1.82, 2.24) is 0 Å². The van der Waals surface area contributed by atoms with Crippen LogP contribution in [0.1, 0.15) is 35.6 Å². The average molecular weight is 451 g/mol. The predicted octanol–water partition coefficient (Wildman–Crippen LogP) is 8.20. The van der Waals surface area contributed by atoms with E-state index in [1.807, 2.05) is 0 Å². The summed E-state index contributed by atoms with van der Waals surface area (Å²) >= 11 is 0. The second-order valence-corrected chi connectivity index (χ2v) is 16.2. The van der Waals surface area contributed by atoms with Gasteiger partial charge in [0.2, 0.25) is 5.69 Å². The SMILES string of the molecule is Cc1ccc(-c2ccccc2)cc1-c1c2ccc(C3CC[Si](C)(C)CC3)cc2cc(C)[n+]1C. The molecule has 0 radical (unpaired) electrons. The summed E-state index contributed by atoms with van der Waals surface area (Å²) in [5.41, 5.74) is 9.36. The first-order valence-electron chi connectivity index (χ1n) is 12.4. The third-order valence-corrected chi connectivity index (χ3v) is 11.3. The van der Waals surface area contributed by atoms with Crippen molar-refractivity contribution >= 4 is 18.8 Å². The van der Waals surface area contributed by atoms with E-state index in [1.165, 1.54) is 69.3 Å². The highest BCUT2D eigenvalue weighted by Crippen LogP contribution is 2.40. The molecular weight excluding hydrogens is 414 g/mol. The third-order valence-electron chi connectivity index (χ3n) is 7.97. The van der Waals surface area contributed by atoms with Gasteiger partial charge in [-0.2, -0.15) is 4.57 Å². The largest absolute Gasteiger partial charge is 0.220 e. The first-order valence-corrected chi connectivity index (χ1v) is 15.8. The van der Waals surface area contributed by atoms with Crippen molar-refractivity contribution in [3.05, 3.63) is 89.6 Å². The van der Waals surface area contributed by atoms with E-state index < -0.39 is 8.07 Å². The number of fused-ring (bicyclic) bond motifs is 1. The van der Waals surface area contributed by atoms with Gasteiger partial charge in [-0.05, 0) is 65.5 Å². The molecule has 1 aliphatic rings. The zero-order valence-corrected chi connectivity index (χ0v) is 21.8. The molecule has 4 aromatic rings. The molecular formula is C31H36NSi+. The zero-order chi connectivity index (χ0) is 23.2. The monoisotopic (exact) mass is 450 g/mol. The molecule has 1 aromatic heterocycles.